The molecule has 0 spiro atoms. The van der Waals surface area contributed by atoms with E-state index in [1.54, 1.807) is 0 Å². The molecule has 0 unspecified atom stereocenters. The molecular formula is C6H12O2. The van der Waals surface area contributed by atoms with Gasteiger partial charge in [-0.2, -0.15) is 0 Å². The van der Waals surface area contributed by atoms with Crippen LogP contribution in [-0.2, 0) is 9.53 Å². The van der Waals surface area contributed by atoms with Crippen molar-refractivity contribution in [1.29, 1.82) is 0 Å². The Labute approximate surface area is 49.8 Å². The van der Waals surface area contributed by atoms with E-state index in [9.17, 15) is 4.79 Å². The van der Waals surface area contributed by atoms with Gasteiger partial charge >= 0.3 is 5.97 Å². The maximum Gasteiger partial charge on any atom is 0.310 e. The van der Waals surface area contributed by atoms with Gasteiger partial charge in [-0.25, -0.2) is 0 Å². The first-order valence-corrected chi connectivity index (χ1v) is 2.57. The van der Waals surface area contributed by atoms with E-state index in [-0.39, 0.29) is 11.4 Å². The molecule has 8 heavy (non-hydrogen) atoms. The number of methoxy groups -OCH3 is 1. The van der Waals surface area contributed by atoms with Crippen LogP contribution in [0.25, 0.3) is 0 Å². The molecule has 0 aliphatic heterocycles. The molecule has 0 amide bonds. The third kappa shape index (κ3) is 1.96. The smallest absolute Gasteiger partial charge is 0.310 e. The average molecular weight is 116 g/mol. The number of rotatable bonds is 0. The van der Waals surface area contributed by atoms with Gasteiger partial charge in [-0.15, -0.1) is 0 Å². The fourth-order valence-corrected chi connectivity index (χ4v) is 0.306. The molecule has 0 aliphatic carbocycles. The van der Waals surface area contributed by atoms with E-state index in [2.05, 4.69) is 4.74 Å². The summed E-state index contributed by atoms with van der Waals surface area (Å²) in [6, 6.07) is 0. The first-order valence-electron chi connectivity index (χ1n) is 2.57. The number of hydrogen-bond acceptors (Lipinski definition) is 2. The summed E-state index contributed by atoms with van der Waals surface area (Å²) in [6.45, 7) is 5.45. The van der Waals surface area contributed by atoms with Crippen molar-refractivity contribution in [2.75, 3.05) is 7.11 Å². The van der Waals surface area contributed by atoms with Crippen LogP contribution in [0.4, 0.5) is 0 Å². The van der Waals surface area contributed by atoms with Gasteiger partial charge < -0.3 is 4.74 Å². The lowest BCUT2D eigenvalue weighted by Crippen LogP contribution is -2.21. The van der Waals surface area contributed by atoms with Gasteiger partial charge in [-0.3, -0.25) is 4.79 Å². The topological polar surface area (TPSA) is 26.3 Å². The zero-order valence-corrected chi connectivity index (χ0v) is 5.82. The predicted octanol–water partition coefficient (Wildman–Crippen LogP) is 1.21. The zero-order chi connectivity index (χ0) is 6.78. The number of carbonyl (C=O) groups excluding carboxylic acids is 1. The fourth-order valence-electron chi connectivity index (χ4n) is 0.306. The zero-order valence-electron chi connectivity index (χ0n) is 5.82. The van der Waals surface area contributed by atoms with E-state index in [4.69, 9.17) is 0 Å². The predicted molar refractivity (Wildman–Crippen MR) is 31.5 cm³/mol. The average Bonchev–Trinajstić information content (AvgIpc) is 1.62. The lowest BCUT2D eigenvalue weighted by Gasteiger charge is -2.13. The standard InChI is InChI=1S/C6H12O2/c1-6(2,3)5(7)8-4/h1-4H3. The van der Waals surface area contributed by atoms with Crippen LogP contribution in [0.2, 0.25) is 0 Å². The highest BCUT2D eigenvalue weighted by atomic mass is 16.5. The van der Waals surface area contributed by atoms with Gasteiger partial charge in [0, 0.05) is 0 Å². The number of esters is 1. The molecule has 0 saturated heterocycles. The number of carbonyl (C=O) groups is 1. The highest BCUT2D eigenvalue weighted by Gasteiger charge is 2.21. The first kappa shape index (κ1) is 7.47. The van der Waals surface area contributed by atoms with Crippen LogP contribution in [-0.4, -0.2) is 13.1 Å². The Hall–Kier alpha value is -0.530. The van der Waals surface area contributed by atoms with Crippen molar-refractivity contribution < 1.29 is 9.53 Å². The van der Waals surface area contributed by atoms with Gasteiger partial charge in [-0.05, 0) is 20.8 Å². The molecule has 0 aromatic carbocycles. The molecule has 48 valence electrons. The molecule has 0 saturated carbocycles. The molecule has 0 fully saturated rings. The van der Waals surface area contributed by atoms with Crippen LogP contribution in [0.15, 0.2) is 0 Å². The van der Waals surface area contributed by atoms with Crippen LogP contribution >= 0.6 is 0 Å². The van der Waals surface area contributed by atoms with Crippen molar-refractivity contribution in [2.24, 2.45) is 5.41 Å². The normalized spacial score (nSPS) is 11.0. The monoisotopic (exact) mass is 116 g/mol. The molecule has 2 heteroatoms. The minimum atomic E-state index is -0.352. The minimum Gasteiger partial charge on any atom is -0.469 e. The Morgan fingerprint density at radius 2 is 1.75 bits per heavy atom. The summed E-state index contributed by atoms with van der Waals surface area (Å²) in [7, 11) is 1.40. The second-order valence-electron chi connectivity index (χ2n) is 2.74. The lowest BCUT2D eigenvalue weighted by molar-refractivity contribution is -0.149. The molecule has 0 N–H and O–H groups in total. The molecule has 2 nitrogen and oxygen atoms in total. The summed E-state index contributed by atoms with van der Waals surface area (Å²) in [4.78, 5) is 10.6. The largest absolute Gasteiger partial charge is 0.469 e. The van der Waals surface area contributed by atoms with E-state index in [0.717, 1.165) is 0 Å². The van der Waals surface area contributed by atoms with Crippen molar-refractivity contribution in [3.63, 3.8) is 0 Å². The van der Waals surface area contributed by atoms with Crippen molar-refractivity contribution >= 4 is 5.97 Å². The molecular weight excluding hydrogens is 104 g/mol. The molecule has 0 atom stereocenters. The van der Waals surface area contributed by atoms with Crippen molar-refractivity contribution in [3.05, 3.63) is 0 Å². The Kier molecular flexibility index (Phi) is 2.02. The summed E-state index contributed by atoms with van der Waals surface area (Å²) < 4.78 is 4.48. The summed E-state index contributed by atoms with van der Waals surface area (Å²) in [5.41, 5.74) is -0.352. The van der Waals surface area contributed by atoms with Gasteiger partial charge in [0.25, 0.3) is 0 Å². The van der Waals surface area contributed by atoms with E-state index in [1.807, 2.05) is 20.8 Å². The van der Waals surface area contributed by atoms with Gasteiger partial charge in [0.05, 0.1) is 12.5 Å². The fraction of sp³-hybridized carbons (Fsp3) is 0.833. The van der Waals surface area contributed by atoms with Crippen molar-refractivity contribution in [3.8, 4) is 0 Å². The lowest BCUT2D eigenvalue weighted by atomic mass is 9.98. The second kappa shape index (κ2) is 2.16. The van der Waals surface area contributed by atoms with Gasteiger partial charge in [0.1, 0.15) is 0 Å². The quantitative estimate of drug-likeness (QED) is 0.444. The molecule has 0 aromatic rings. The number of ether oxygens (including phenoxy) is 1. The minimum absolute atomic E-state index is 0.169. The summed E-state index contributed by atoms with van der Waals surface area (Å²) >= 11 is 0. The van der Waals surface area contributed by atoms with Gasteiger partial charge in [0.2, 0.25) is 0 Å². The second-order valence-corrected chi connectivity index (χ2v) is 2.74. The first-order chi connectivity index (χ1) is 3.48. The van der Waals surface area contributed by atoms with E-state index in [0.29, 0.717) is 0 Å². The van der Waals surface area contributed by atoms with Crippen LogP contribution in [0.5, 0.6) is 0 Å². The molecule has 0 rings (SSSR count). The highest BCUT2D eigenvalue weighted by molar-refractivity contribution is 5.75. The SMILES string of the molecule is COC(=O)C(C)(C)C. The Morgan fingerprint density at radius 1 is 1.38 bits per heavy atom. The summed E-state index contributed by atoms with van der Waals surface area (Å²) in [5.74, 6) is -0.169. The third-order valence-corrected chi connectivity index (χ3v) is 0.798. The van der Waals surface area contributed by atoms with Gasteiger partial charge in [0.15, 0.2) is 0 Å². The maximum absolute atomic E-state index is 10.6. The van der Waals surface area contributed by atoms with Crippen LogP contribution in [0.3, 0.4) is 0 Å². The molecule has 0 aliphatic rings. The Morgan fingerprint density at radius 3 is 1.75 bits per heavy atom. The Balaban J connectivity index is 3.82. The molecule has 0 bridgehead atoms. The summed E-state index contributed by atoms with van der Waals surface area (Å²) in [6.07, 6.45) is 0. The Bertz CT molecular complexity index is 89.2. The van der Waals surface area contributed by atoms with Crippen molar-refractivity contribution in [1.82, 2.24) is 0 Å². The van der Waals surface area contributed by atoms with Crippen LogP contribution in [0.1, 0.15) is 20.8 Å². The van der Waals surface area contributed by atoms with Crippen molar-refractivity contribution in [2.45, 2.75) is 20.8 Å². The van der Waals surface area contributed by atoms with Crippen LogP contribution in [0, 0.1) is 5.41 Å². The van der Waals surface area contributed by atoms with E-state index >= 15 is 0 Å². The van der Waals surface area contributed by atoms with E-state index < -0.39 is 0 Å². The van der Waals surface area contributed by atoms with Crippen LogP contribution < -0.4 is 0 Å². The molecule has 0 radical (unpaired) electrons. The maximum atomic E-state index is 10.6. The third-order valence-electron chi connectivity index (χ3n) is 0.798. The van der Waals surface area contributed by atoms with Gasteiger partial charge in [-0.1, -0.05) is 0 Å². The van der Waals surface area contributed by atoms with E-state index in [1.165, 1.54) is 7.11 Å². The molecule has 0 aromatic heterocycles. The molecule has 0 heterocycles. The summed E-state index contributed by atoms with van der Waals surface area (Å²) in [5, 5.41) is 0. The number of hydrogen-bond donors (Lipinski definition) is 0. The highest BCUT2D eigenvalue weighted by Crippen LogP contribution is 2.13.